The Morgan fingerprint density at radius 3 is 2.33 bits per heavy atom. The third-order valence-electron chi connectivity index (χ3n) is 1.72. The molecule has 0 bridgehead atoms. The molecular formula is C9H15ClN2. The number of anilines is 1. The number of halogens is 1. The molecule has 1 rings (SSSR count). The van der Waals surface area contributed by atoms with Gasteiger partial charge in [0, 0.05) is 18.8 Å². The Hall–Kier alpha value is -0.730. The molecule has 0 fully saturated rings. The minimum atomic E-state index is 0. The molecule has 68 valence electrons. The van der Waals surface area contributed by atoms with E-state index in [1.807, 2.05) is 38.2 Å². The first-order chi connectivity index (χ1) is 5.25. The number of nitrogens with two attached hydrogens (primary N) is 1. The van der Waals surface area contributed by atoms with Gasteiger partial charge in [0.2, 0.25) is 0 Å². The van der Waals surface area contributed by atoms with Crippen molar-refractivity contribution in [2.45, 2.75) is 13.0 Å². The Kier molecular flexibility index (Phi) is 4.71. The SMILES string of the molecule is CNc1ccccc1[C@@H](C)N.Cl. The fraction of sp³-hybridized carbons (Fsp3) is 0.333. The molecule has 1 atom stereocenters. The van der Waals surface area contributed by atoms with E-state index in [0.29, 0.717) is 0 Å². The van der Waals surface area contributed by atoms with Crippen LogP contribution in [0.4, 0.5) is 5.69 Å². The second-order valence-electron chi connectivity index (χ2n) is 2.63. The van der Waals surface area contributed by atoms with E-state index in [1.165, 1.54) is 0 Å². The molecule has 0 amide bonds. The van der Waals surface area contributed by atoms with Crippen LogP contribution in [-0.2, 0) is 0 Å². The maximum absolute atomic E-state index is 5.75. The fourth-order valence-electron chi connectivity index (χ4n) is 1.12. The molecule has 2 nitrogen and oxygen atoms in total. The van der Waals surface area contributed by atoms with Crippen LogP contribution in [0.15, 0.2) is 24.3 Å². The number of hydrogen-bond acceptors (Lipinski definition) is 2. The maximum atomic E-state index is 5.75. The Morgan fingerprint density at radius 2 is 1.92 bits per heavy atom. The van der Waals surface area contributed by atoms with Crippen molar-refractivity contribution in [3.05, 3.63) is 29.8 Å². The molecule has 1 aromatic carbocycles. The van der Waals surface area contributed by atoms with Gasteiger partial charge >= 0.3 is 0 Å². The molecule has 3 heteroatoms. The highest BCUT2D eigenvalue weighted by Crippen LogP contribution is 2.19. The molecular weight excluding hydrogens is 172 g/mol. The van der Waals surface area contributed by atoms with Crippen molar-refractivity contribution in [1.29, 1.82) is 0 Å². The zero-order chi connectivity index (χ0) is 8.27. The van der Waals surface area contributed by atoms with Crippen molar-refractivity contribution in [2.24, 2.45) is 5.73 Å². The number of benzene rings is 1. The molecule has 12 heavy (non-hydrogen) atoms. The quantitative estimate of drug-likeness (QED) is 0.743. The van der Waals surface area contributed by atoms with Gasteiger partial charge in [-0.05, 0) is 18.6 Å². The fourth-order valence-corrected chi connectivity index (χ4v) is 1.12. The topological polar surface area (TPSA) is 38.0 Å². The summed E-state index contributed by atoms with van der Waals surface area (Å²) in [5.74, 6) is 0. The van der Waals surface area contributed by atoms with Crippen molar-refractivity contribution in [2.75, 3.05) is 12.4 Å². The first kappa shape index (κ1) is 11.3. The van der Waals surface area contributed by atoms with Gasteiger partial charge < -0.3 is 11.1 Å². The Balaban J connectivity index is 0.00000121. The van der Waals surface area contributed by atoms with Crippen LogP contribution in [0, 0.1) is 0 Å². The van der Waals surface area contributed by atoms with E-state index in [-0.39, 0.29) is 18.4 Å². The van der Waals surface area contributed by atoms with Gasteiger partial charge in [0.15, 0.2) is 0 Å². The summed E-state index contributed by atoms with van der Waals surface area (Å²) < 4.78 is 0. The maximum Gasteiger partial charge on any atom is 0.0385 e. The molecule has 0 spiro atoms. The second-order valence-corrected chi connectivity index (χ2v) is 2.63. The van der Waals surface area contributed by atoms with E-state index in [0.717, 1.165) is 11.3 Å². The third kappa shape index (κ3) is 2.40. The van der Waals surface area contributed by atoms with Crippen LogP contribution in [0.2, 0.25) is 0 Å². The minimum absolute atomic E-state index is 0. The van der Waals surface area contributed by atoms with Crippen molar-refractivity contribution in [3.63, 3.8) is 0 Å². The zero-order valence-corrected chi connectivity index (χ0v) is 8.19. The lowest BCUT2D eigenvalue weighted by Gasteiger charge is -2.10. The van der Waals surface area contributed by atoms with Gasteiger partial charge in [-0.25, -0.2) is 0 Å². The first-order valence-corrected chi connectivity index (χ1v) is 3.78. The summed E-state index contributed by atoms with van der Waals surface area (Å²) in [6, 6.07) is 8.16. The average molecular weight is 187 g/mol. The highest BCUT2D eigenvalue weighted by Gasteiger charge is 2.02. The lowest BCUT2D eigenvalue weighted by molar-refractivity contribution is 0.820. The molecule has 0 radical (unpaired) electrons. The summed E-state index contributed by atoms with van der Waals surface area (Å²) in [4.78, 5) is 0. The van der Waals surface area contributed by atoms with Crippen LogP contribution < -0.4 is 11.1 Å². The summed E-state index contributed by atoms with van der Waals surface area (Å²) in [6.07, 6.45) is 0. The number of rotatable bonds is 2. The van der Waals surface area contributed by atoms with Gasteiger partial charge in [-0.1, -0.05) is 18.2 Å². The van der Waals surface area contributed by atoms with Gasteiger partial charge in [0.25, 0.3) is 0 Å². The van der Waals surface area contributed by atoms with Crippen LogP contribution in [-0.4, -0.2) is 7.05 Å². The molecule has 0 saturated carbocycles. The molecule has 3 N–H and O–H groups in total. The zero-order valence-electron chi connectivity index (χ0n) is 7.37. The predicted octanol–water partition coefficient (Wildman–Crippen LogP) is 2.17. The van der Waals surface area contributed by atoms with E-state index >= 15 is 0 Å². The van der Waals surface area contributed by atoms with Crippen molar-refractivity contribution in [1.82, 2.24) is 0 Å². The van der Waals surface area contributed by atoms with Crippen molar-refractivity contribution < 1.29 is 0 Å². The lowest BCUT2D eigenvalue weighted by Crippen LogP contribution is -2.07. The molecule has 0 unspecified atom stereocenters. The van der Waals surface area contributed by atoms with Crippen LogP contribution in [0.3, 0.4) is 0 Å². The van der Waals surface area contributed by atoms with Crippen molar-refractivity contribution >= 4 is 18.1 Å². The van der Waals surface area contributed by atoms with Crippen LogP contribution >= 0.6 is 12.4 Å². The van der Waals surface area contributed by atoms with Gasteiger partial charge in [0.1, 0.15) is 0 Å². The molecule has 0 aromatic heterocycles. The summed E-state index contributed by atoms with van der Waals surface area (Å²) >= 11 is 0. The summed E-state index contributed by atoms with van der Waals surface area (Å²) in [7, 11) is 1.90. The van der Waals surface area contributed by atoms with Crippen molar-refractivity contribution in [3.8, 4) is 0 Å². The molecule has 1 aromatic rings. The lowest BCUT2D eigenvalue weighted by atomic mass is 10.1. The molecule has 0 saturated heterocycles. The number of hydrogen-bond donors (Lipinski definition) is 2. The number of para-hydroxylation sites is 1. The molecule has 0 aliphatic rings. The highest BCUT2D eigenvalue weighted by molar-refractivity contribution is 5.85. The predicted molar refractivity (Wildman–Crippen MR) is 55.8 cm³/mol. The highest BCUT2D eigenvalue weighted by atomic mass is 35.5. The number of nitrogens with one attached hydrogen (secondary N) is 1. The largest absolute Gasteiger partial charge is 0.388 e. The van der Waals surface area contributed by atoms with Crippen LogP contribution in [0.1, 0.15) is 18.5 Å². The van der Waals surface area contributed by atoms with E-state index in [4.69, 9.17) is 5.73 Å². The summed E-state index contributed by atoms with van der Waals surface area (Å²) in [5, 5.41) is 3.10. The molecule has 0 heterocycles. The normalized spacial score (nSPS) is 11.6. The first-order valence-electron chi connectivity index (χ1n) is 3.78. The van der Waals surface area contributed by atoms with E-state index in [1.54, 1.807) is 0 Å². The van der Waals surface area contributed by atoms with Gasteiger partial charge in [-0.15, -0.1) is 12.4 Å². The minimum Gasteiger partial charge on any atom is -0.388 e. The van der Waals surface area contributed by atoms with Gasteiger partial charge in [-0.2, -0.15) is 0 Å². The van der Waals surface area contributed by atoms with E-state index in [9.17, 15) is 0 Å². The third-order valence-corrected chi connectivity index (χ3v) is 1.72. The summed E-state index contributed by atoms with van der Waals surface area (Å²) in [5.41, 5.74) is 8.03. The Morgan fingerprint density at radius 1 is 1.33 bits per heavy atom. The average Bonchev–Trinajstić information content (AvgIpc) is 2.04. The van der Waals surface area contributed by atoms with Gasteiger partial charge in [0.05, 0.1) is 0 Å². The smallest absolute Gasteiger partial charge is 0.0385 e. The Labute approximate surface area is 79.6 Å². The van der Waals surface area contributed by atoms with Crippen LogP contribution in [0.25, 0.3) is 0 Å². The Bertz CT molecular complexity index is 236. The van der Waals surface area contributed by atoms with E-state index in [2.05, 4.69) is 5.32 Å². The second kappa shape index (κ2) is 5.01. The summed E-state index contributed by atoms with van der Waals surface area (Å²) in [6.45, 7) is 1.98. The molecule has 0 aliphatic carbocycles. The van der Waals surface area contributed by atoms with Crippen LogP contribution in [0.5, 0.6) is 0 Å². The monoisotopic (exact) mass is 186 g/mol. The van der Waals surface area contributed by atoms with E-state index < -0.39 is 0 Å². The standard InChI is InChI=1S/C9H14N2.ClH/c1-7(10)8-5-3-4-6-9(8)11-2;/h3-7,11H,10H2,1-2H3;1H/t7-;/m1./s1. The molecule has 0 aliphatic heterocycles. The van der Waals surface area contributed by atoms with Gasteiger partial charge in [-0.3, -0.25) is 0 Å².